The minimum absolute atomic E-state index is 0.255. The Morgan fingerprint density at radius 3 is 1.57 bits per heavy atom. The van der Waals surface area contributed by atoms with Gasteiger partial charge < -0.3 is 0 Å². The molecule has 4 radical (unpaired) electrons. The molecule has 0 aromatic heterocycles. The van der Waals surface area contributed by atoms with E-state index in [1.54, 1.807) is 30.3 Å². The Bertz CT molecular complexity index is 762. The summed E-state index contributed by atoms with van der Waals surface area (Å²) in [6.45, 7) is 0. The minimum atomic E-state index is -0.255. The molecule has 0 amide bonds. The molecule has 3 rings (SSSR count). The molecule has 0 fully saturated rings. The van der Waals surface area contributed by atoms with Crippen LogP contribution in [0.5, 0.6) is 0 Å². The Kier molecular flexibility index (Phi) is 3.66. The van der Waals surface area contributed by atoms with Crippen molar-refractivity contribution in [2.75, 3.05) is 0 Å². The zero-order valence-electron chi connectivity index (χ0n) is 11.4. The first-order valence-corrected chi connectivity index (χ1v) is 6.65. The summed E-state index contributed by atoms with van der Waals surface area (Å²) in [5, 5.41) is 0. The molecular weight excluding hydrogens is 257 g/mol. The lowest BCUT2D eigenvalue weighted by molar-refractivity contribution is 0.632. The van der Waals surface area contributed by atoms with Gasteiger partial charge in [-0.1, -0.05) is 71.6 Å². The van der Waals surface area contributed by atoms with E-state index in [9.17, 15) is 4.39 Å². The van der Waals surface area contributed by atoms with Crippen molar-refractivity contribution in [3.8, 4) is 22.3 Å². The highest BCUT2D eigenvalue weighted by atomic mass is 19.1. The number of halogens is 1. The molecule has 0 saturated heterocycles. The van der Waals surface area contributed by atoms with E-state index < -0.39 is 0 Å². The first-order chi connectivity index (χ1) is 10.1. The minimum Gasteiger partial charge on any atom is -0.206 e. The number of benzene rings is 3. The lowest BCUT2D eigenvalue weighted by atomic mass is 9.92. The van der Waals surface area contributed by atoms with E-state index in [0.29, 0.717) is 16.5 Å². The fourth-order valence-electron chi connectivity index (χ4n) is 2.27. The van der Waals surface area contributed by atoms with Gasteiger partial charge in [0.15, 0.2) is 0 Å². The van der Waals surface area contributed by atoms with E-state index in [1.807, 2.05) is 30.3 Å². The zero-order chi connectivity index (χ0) is 14.8. The van der Waals surface area contributed by atoms with E-state index in [-0.39, 0.29) is 5.82 Å². The number of hydrogen-bond donors (Lipinski definition) is 0. The molecule has 0 bridgehead atoms. The Labute approximate surface area is 126 Å². The van der Waals surface area contributed by atoms with Crippen molar-refractivity contribution >= 4 is 26.6 Å². The largest absolute Gasteiger partial charge is 0.206 e. The van der Waals surface area contributed by atoms with Crippen LogP contribution >= 0.6 is 0 Å². The number of hydrogen-bond acceptors (Lipinski definition) is 0. The molecule has 96 valence electrons. The molecule has 0 heterocycles. The maximum Gasteiger partial charge on any atom is 0.131 e. The normalized spacial score (nSPS) is 10.5. The topological polar surface area (TPSA) is 0 Å². The third kappa shape index (κ3) is 2.92. The van der Waals surface area contributed by atoms with Crippen molar-refractivity contribution in [3.05, 3.63) is 72.5 Å². The van der Waals surface area contributed by atoms with Crippen LogP contribution in [0.2, 0.25) is 0 Å². The summed E-state index contributed by atoms with van der Waals surface area (Å²) in [4.78, 5) is 0. The van der Waals surface area contributed by atoms with Gasteiger partial charge in [0.05, 0.1) is 0 Å². The first kappa shape index (κ1) is 13.7. The van der Waals surface area contributed by atoms with Gasteiger partial charge in [-0.3, -0.25) is 0 Å². The molecule has 3 aromatic carbocycles. The smallest absolute Gasteiger partial charge is 0.131 e. The van der Waals surface area contributed by atoms with Crippen molar-refractivity contribution in [1.82, 2.24) is 0 Å². The monoisotopic (exact) mass is 268 g/mol. The highest BCUT2D eigenvalue weighted by molar-refractivity contribution is 6.32. The molecule has 0 spiro atoms. The summed E-state index contributed by atoms with van der Waals surface area (Å²) in [5.41, 5.74) is 4.49. The third-order valence-corrected chi connectivity index (χ3v) is 3.43. The molecule has 0 nitrogen and oxygen atoms in total. The molecule has 0 saturated carbocycles. The van der Waals surface area contributed by atoms with Gasteiger partial charge in [0.1, 0.15) is 21.5 Å². The number of rotatable bonds is 2. The van der Waals surface area contributed by atoms with Crippen molar-refractivity contribution in [2.45, 2.75) is 0 Å². The fourth-order valence-corrected chi connectivity index (χ4v) is 2.27. The Hall–Kier alpha value is -2.28. The highest BCUT2D eigenvalue weighted by Crippen LogP contribution is 2.27. The quantitative estimate of drug-likeness (QED) is 0.627. The lowest BCUT2D eigenvalue weighted by Crippen LogP contribution is -2.00. The second kappa shape index (κ2) is 5.61. The Balaban J connectivity index is 1.99. The van der Waals surface area contributed by atoms with Crippen LogP contribution in [-0.4, -0.2) is 15.7 Å². The Morgan fingerprint density at radius 1 is 0.571 bits per heavy atom. The molecule has 0 aliphatic heterocycles. The second-order valence-corrected chi connectivity index (χ2v) is 4.94. The van der Waals surface area contributed by atoms with Gasteiger partial charge in [-0.15, -0.1) is 0 Å². The molecular formula is C18H11B2F. The molecule has 3 heteroatoms. The van der Waals surface area contributed by atoms with Gasteiger partial charge in [-0.05, 0) is 22.8 Å². The van der Waals surface area contributed by atoms with Crippen LogP contribution in [0, 0.1) is 5.82 Å². The summed E-state index contributed by atoms with van der Waals surface area (Å²) in [6.07, 6.45) is 0. The van der Waals surface area contributed by atoms with E-state index in [2.05, 4.69) is 0 Å². The van der Waals surface area contributed by atoms with E-state index in [4.69, 9.17) is 15.7 Å². The summed E-state index contributed by atoms with van der Waals surface area (Å²) in [6, 6.07) is 19.8. The van der Waals surface area contributed by atoms with Crippen molar-refractivity contribution < 1.29 is 4.39 Å². The van der Waals surface area contributed by atoms with Crippen molar-refractivity contribution in [2.24, 2.45) is 0 Å². The van der Waals surface area contributed by atoms with Gasteiger partial charge >= 0.3 is 0 Å². The molecule has 0 aliphatic carbocycles. The first-order valence-electron chi connectivity index (χ1n) is 6.65. The predicted molar refractivity (Wildman–Crippen MR) is 88.0 cm³/mol. The van der Waals surface area contributed by atoms with Gasteiger partial charge in [-0.2, -0.15) is 0 Å². The lowest BCUT2D eigenvalue weighted by Gasteiger charge is -2.08. The predicted octanol–water partition coefficient (Wildman–Crippen LogP) is 2.75. The molecule has 0 N–H and O–H groups in total. The highest BCUT2D eigenvalue weighted by Gasteiger charge is 2.07. The summed E-state index contributed by atoms with van der Waals surface area (Å²) in [5.74, 6) is -0.255. The van der Waals surface area contributed by atoms with Crippen LogP contribution < -0.4 is 10.9 Å². The maximum absolute atomic E-state index is 14.3. The maximum atomic E-state index is 14.3. The molecule has 0 unspecified atom stereocenters. The van der Waals surface area contributed by atoms with Crippen molar-refractivity contribution in [3.63, 3.8) is 0 Å². The summed E-state index contributed by atoms with van der Waals surface area (Å²) in [7, 11) is 11.3. The van der Waals surface area contributed by atoms with Crippen LogP contribution in [0.1, 0.15) is 0 Å². The molecule has 0 aliphatic rings. The average molecular weight is 268 g/mol. The van der Waals surface area contributed by atoms with Gasteiger partial charge in [0.25, 0.3) is 0 Å². The van der Waals surface area contributed by atoms with Crippen LogP contribution in [0.4, 0.5) is 4.39 Å². The van der Waals surface area contributed by atoms with E-state index >= 15 is 0 Å². The Morgan fingerprint density at radius 2 is 1.05 bits per heavy atom. The zero-order valence-corrected chi connectivity index (χ0v) is 11.4. The molecule has 0 atom stereocenters. The third-order valence-electron chi connectivity index (χ3n) is 3.43. The average Bonchev–Trinajstić information content (AvgIpc) is 2.49. The standard InChI is InChI=1S/C18H11B2F/c19-15-6-1-12(2-7-15)14-5-10-17(18(21)11-14)13-3-8-16(20)9-4-13/h1-11H. The van der Waals surface area contributed by atoms with Crippen molar-refractivity contribution in [1.29, 1.82) is 0 Å². The van der Waals surface area contributed by atoms with Crippen LogP contribution in [0.25, 0.3) is 22.3 Å². The van der Waals surface area contributed by atoms with Crippen LogP contribution in [0.3, 0.4) is 0 Å². The van der Waals surface area contributed by atoms with Gasteiger partial charge in [0.2, 0.25) is 0 Å². The summed E-state index contributed by atoms with van der Waals surface area (Å²) >= 11 is 0. The SMILES string of the molecule is [B]c1ccc(-c2ccc(-c3ccc([B])cc3)c(F)c2)cc1. The molecule has 21 heavy (non-hydrogen) atoms. The van der Waals surface area contributed by atoms with E-state index in [0.717, 1.165) is 16.7 Å². The van der Waals surface area contributed by atoms with Gasteiger partial charge in [0, 0.05) is 5.56 Å². The van der Waals surface area contributed by atoms with E-state index in [1.165, 1.54) is 6.07 Å². The summed E-state index contributed by atoms with van der Waals surface area (Å²) < 4.78 is 14.3. The van der Waals surface area contributed by atoms with Gasteiger partial charge in [-0.25, -0.2) is 4.39 Å². The molecule has 3 aromatic rings. The second-order valence-electron chi connectivity index (χ2n) is 4.94. The van der Waals surface area contributed by atoms with Crippen LogP contribution in [-0.2, 0) is 0 Å². The van der Waals surface area contributed by atoms with Crippen LogP contribution in [0.15, 0.2) is 66.7 Å². The fraction of sp³-hybridized carbons (Fsp3) is 0.